The molecule has 0 radical (unpaired) electrons. The van der Waals surface area contributed by atoms with Crippen LogP contribution in [-0.2, 0) is 16.5 Å². The number of halogens is 4. The molecule has 180 valence electrons. The van der Waals surface area contributed by atoms with Crippen LogP contribution < -0.4 is 5.32 Å². The number of aryl methyl sites for hydroxylation is 1. The van der Waals surface area contributed by atoms with Crippen molar-refractivity contribution in [1.29, 1.82) is 0 Å². The fourth-order valence-corrected chi connectivity index (χ4v) is 4.54. The molecule has 1 aliphatic heterocycles. The molecule has 3 aromatic rings. The molecule has 2 aliphatic rings. The van der Waals surface area contributed by atoms with Crippen molar-refractivity contribution in [3.8, 4) is 0 Å². The van der Waals surface area contributed by atoms with E-state index in [2.05, 4.69) is 15.4 Å². The SMILES string of the molecule is Cc1nn2cc(C3CC3)cnc2c1C(=O)N[C@@]1(c2ccc(C(F)(F)F)cc2F)CCOC[C@@H]1O. The van der Waals surface area contributed by atoms with E-state index in [9.17, 15) is 23.1 Å². The van der Waals surface area contributed by atoms with Crippen molar-refractivity contribution in [3.05, 3.63) is 64.4 Å². The lowest BCUT2D eigenvalue weighted by Gasteiger charge is -2.42. The molecule has 5 rings (SSSR count). The predicted octanol–water partition coefficient (Wildman–Crippen LogP) is 3.48. The van der Waals surface area contributed by atoms with Crippen LogP contribution in [0.2, 0.25) is 0 Å². The van der Waals surface area contributed by atoms with E-state index < -0.39 is 35.1 Å². The third-order valence-electron chi connectivity index (χ3n) is 6.54. The van der Waals surface area contributed by atoms with Gasteiger partial charge in [-0.1, -0.05) is 6.07 Å². The van der Waals surface area contributed by atoms with E-state index in [1.165, 1.54) is 4.52 Å². The van der Waals surface area contributed by atoms with Gasteiger partial charge in [-0.3, -0.25) is 4.79 Å². The fourth-order valence-electron chi connectivity index (χ4n) is 4.54. The van der Waals surface area contributed by atoms with Gasteiger partial charge in [0.15, 0.2) is 5.65 Å². The average Bonchev–Trinajstić information content (AvgIpc) is 3.56. The number of aliphatic hydroxyl groups is 1. The van der Waals surface area contributed by atoms with Gasteiger partial charge >= 0.3 is 6.18 Å². The van der Waals surface area contributed by atoms with Crippen molar-refractivity contribution in [3.63, 3.8) is 0 Å². The number of nitrogens with one attached hydrogen (secondary N) is 1. The van der Waals surface area contributed by atoms with Gasteiger partial charge in [-0.15, -0.1) is 0 Å². The zero-order valence-electron chi connectivity index (χ0n) is 18.2. The van der Waals surface area contributed by atoms with Gasteiger partial charge in [0.2, 0.25) is 0 Å². The summed E-state index contributed by atoms with van der Waals surface area (Å²) in [7, 11) is 0. The molecule has 2 atom stereocenters. The molecule has 0 spiro atoms. The number of nitrogens with zero attached hydrogens (tertiary/aromatic N) is 3. The largest absolute Gasteiger partial charge is 0.416 e. The van der Waals surface area contributed by atoms with E-state index in [1.54, 1.807) is 13.1 Å². The Bertz CT molecular complexity index is 1270. The van der Waals surface area contributed by atoms with Crippen molar-refractivity contribution in [2.75, 3.05) is 13.2 Å². The highest BCUT2D eigenvalue weighted by atomic mass is 19.4. The van der Waals surface area contributed by atoms with Crippen LogP contribution in [0.1, 0.15) is 57.9 Å². The number of carbonyl (C=O) groups is 1. The second-order valence-corrected chi connectivity index (χ2v) is 8.85. The number of alkyl halides is 3. The fraction of sp³-hybridized carbons (Fsp3) is 0.435. The lowest BCUT2D eigenvalue weighted by atomic mass is 9.79. The zero-order chi connectivity index (χ0) is 24.3. The highest BCUT2D eigenvalue weighted by Crippen LogP contribution is 2.40. The van der Waals surface area contributed by atoms with E-state index >= 15 is 4.39 Å². The Kier molecular flexibility index (Phi) is 5.36. The molecule has 34 heavy (non-hydrogen) atoms. The Labute approximate surface area is 191 Å². The summed E-state index contributed by atoms with van der Waals surface area (Å²) >= 11 is 0. The minimum absolute atomic E-state index is 0.0420. The van der Waals surface area contributed by atoms with E-state index in [1.807, 2.05) is 6.20 Å². The maximum Gasteiger partial charge on any atom is 0.416 e. The third kappa shape index (κ3) is 3.82. The number of aliphatic hydroxyl groups excluding tert-OH is 1. The summed E-state index contributed by atoms with van der Waals surface area (Å²) in [5, 5.41) is 17.9. The molecule has 1 amide bonds. The minimum atomic E-state index is -4.73. The number of rotatable bonds is 4. The van der Waals surface area contributed by atoms with Crippen LogP contribution in [0.4, 0.5) is 17.6 Å². The molecule has 0 unspecified atom stereocenters. The van der Waals surface area contributed by atoms with E-state index in [-0.39, 0.29) is 30.8 Å². The molecular formula is C23H22F4N4O3. The Balaban J connectivity index is 1.54. The van der Waals surface area contributed by atoms with Gasteiger partial charge in [-0.25, -0.2) is 13.9 Å². The van der Waals surface area contributed by atoms with Crippen molar-refractivity contribution in [2.45, 2.75) is 49.9 Å². The molecule has 11 heteroatoms. The Morgan fingerprint density at radius 3 is 2.74 bits per heavy atom. The second kappa shape index (κ2) is 8.02. The Hall–Kier alpha value is -3.05. The first kappa shape index (κ1) is 22.7. The summed E-state index contributed by atoms with van der Waals surface area (Å²) < 4.78 is 61.0. The number of fused-ring (bicyclic) bond motifs is 1. The van der Waals surface area contributed by atoms with Crippen molar-refractivity contribution in [1.82, 2.24) is 19.9 Å². The van der Waals surface area contributed by atoms with Crippen LogP contribution in [0.5, 0.6) is 0 Å². The lowest BCUT2D eigenvalue weighted by Crippen LogP contribution is -2.59. The molecular weight excluding hydrogens is 456 g/mol. The zero-order valence-corrected chi connectivity index (χ0v) is 18.2. The van der Waals surface area contributed by atoms with Gasteiger partial charge in [0.25, 0.3) is 5.91 Å². The van der Waals surface area contributed by atoms with Gasteiger partial charge in [-0.2, -0.15) is 18.3 Å². The molecule has 1 aromatic carbocycles. The summed E-state index contributed by atoms with van der Waals surface area (Å²) in [6, 6.07) is 2.05. The molecule has 0 bridgehead atoms. The maximum absolute atomic E-state index is 15.0. The standard InChI is InChI=1S/C23H22F4N4O3/c1-12-19(20-28-9-14(13-2-3-13)10-31(20)30-12)21(33)29-22(6-7-34-11-18(22)32)16-5-4-15(8-17(16)24)23(25,26)27/h4-5,8-10,13,18,32H,2-3,6-7,11H2,1H3,(H,29,33)/t18-,22+/m0/s1. The van der Waals surface area contributed by atoms with Crippen molar-refractivity contribution in [2.24, 2.45) is 0 Å². The van der Waals surface area contributed by atoms with Crippen molar-refractivity contribution >= 4 is 11.6 Å². The number of benzene rings is 1. The number of amides is 1. The summed E-state index contributed by atoms with van der Waals surface area (Å²) in [6.07, 6.45) is -0.516. The van der Waals surface area contributed by atoms with E-state index in [0.29, 0.717) is 23.3 Å². The summed E-state index contributed by atoms with van der Waals surface area (Å²) in [6.45, 7) is 1.47. The Morgan fingerprint density at radius 2 is 2.09 bits per heavy atom. The first-order chi connectivity index (χ1) is 16.1. The molecule has 1 aliphatic carbocycles. The summed E-state index contributed by atoms with van der Waals surface area (Å²) in [5.74, 6) is -1.42. The number of hydrogen-bond acceptors (Lipinski definition) is 5. The Morgan fingerprint density at radius 1 is 1.32 bits per heavy atom. The van der Waals surface area contributed by atoms with E-state index in [0.717, 1.165) is 30.5 Å². The van der Waals surface area contributed by atoms with Crippen LogP contribution in [0.3, 0.4) is 0 Å². The number of hydrogen-bond donors (Lipinski definition) is 2. The maximum atomic E-state index is 15.0. The van der Waals surface area contributed by atoms with Crippen LogP contribution in [0, 0.1) is 12.7 Å². The molecule has 1 saturated carbocycles. The summed E-state index contributed by atoms with van der Waals surface area (Å²) in [4.78, 5) is 17.8. The predicted molar refractivity (Wildman–Crippen MR) is 112 cm³/mol. The molecule has 3 heterocycles. The van der Waals surface area contributed by atoms with E-state index in [4.69, 9.17) is 4.74 Å². The molecule has 1 saturated heterocycles. The molecule has 2 aromatic heterocycles. The lowest BCUT2D eigenvalue weighted by molar-refractivity contribution is -0.137. The second-order valence-electron chi connectivity index (χ2n) is 8.85. The topological polar surface area (TPSA) is 88.8 Å². The van der Waals surface area contributed by atoms with Crippen LogP contribution >= 0.6 is 0 Å². The van der Waals surface area contributed by atoms with Gasteiger partial charge < -0.3 is 15.2 Å². The van der Waals surface area contributed by atoms with Gasteiger partial charge in [0.05, 0.1) is 23.4 Å². The van der Waals surface area contributed by atoms with Crippen LogP contribution in [-0.4, -0.2) is 44.9 Å². The quantitative estimate of drug-likeness (QED) is 0.561. The number of carbonyl (C=O) groups excluding carboxylic acids is 1. The number of aromatic nitrogens is 3. The van der Waals surface area contributed by atoms with Crippen LogP contribution in [0.25, 0.3) is 5.65 Å². The number of ether oxygens (including phenoxy) is 1. The normalized spacial score (nSPS) is 23.3. The third-order valence-corrected chi connectivity index (χ3v) is 6.54. The van der Waals surface area contributed by atoms with Crippen LogP contribution in [0.15, 0.2) is 30.6 Å². The molecule has 2 fully saturated rings. The first-order valence-electron chi connectivity index (χ1n) is 10.9. The smallest absolute Gasteiger partial charge is 0.388 e. The highest BCUT2D eigenvalue weighted by molar-refractivity contribution is 6.01. The average molecular weight is 478 g/mol. The van der Waals surface area contributed by atoms with Crippen molar-refractivity contribution < 1.29 is 32.2 Å². The van der Waals surface area contributed by atoms with Gasteiger partial charge in [-0.05, 0) is 43.4 Å². The molecule has 7 nitrogen and oxygen atoms in total. The van der Waals surface area contributed by atoms with Gasteiger partial charge in [0.1, 0.15) is 17.5 Å². The summed E-state index contributed by atoms with van der Waals surface area (Å²) in [5.41, 5.74) is -1.27. The first-order valence-corrected chi connectivity index (χ1v) is 10.9. The molecule has 2 N–H and O–H groups in total. The monoisotopic (exact) mass is 478 g/mol. The highest BCUT2D eigenvalue weighted by Gasteiger charge is 2.46. The minimum Gasteiger partial charge on any atom is -0.388 e. The van der Waals surface area contributed by atoms with Gasteiger partial charge in [0, 0.05) is 31.0 Å².